The van der Waals surface area contributed by atoms with E-state index in [0.29, 0.717) is 22.2 Å². The summed E-state index contributed by atoms with van der Waals surface area (Å²) in [4.78, 5) is 23.7. The van der Waals surface area contributed by atoms with Gasteiger partial charge in [0.15, 0.2) is 0 Å². The van der Waals surface area contributed by atoms with E-state index in [4.69, 9.17) is 4.74 Å². The summed E-state index contributed by atoms with van der Waals surface area (Å²) in [6, 6.07) is 10.9. The zero-order valence-corrected chi connectivity index (χ0v) is 12.1. The van der Waals surface area contributed by atoms with Crippen molar-refractivity contribution in [1.82, 2.24) is 9.89 Å². The molecule has 1 amide bonds. The first-order valence-corrected chi connectivity index (χ1v) is 6.66. The lowest BCUT2D eigenvalue weighted by atomic mass is 10.2. The molecule has 116 valence electrons. The quantitative estimate of drug-likeness (QED) is 0.589. The fourth-order valence-electron chi connectivity index (χ4n) is 2.09. The van der Waals surface area contributed by atoms with Crippen molar-refractivity contribution in [3.8, 4) is 5.75 Å². The van der Waals surface area contributed by atoms with Gasteiger partial charge in [-0.05, 0) is 30.3 Å². The molecule has 8 nitrogen and oxygen atoms in total. The summed E-state index contributed by atoms with van der Waals surface area (Å²) >= 11 is 0. The van der Waals surface area contributed by atoms with Crippen molar-refractivity contribution < 1.29 is 14.5 Å². The van der Waals surface area contributed by atoms with Crippen molar-refractivity contribution in [3.05, 3.63) is 64.3 Å². The molecule has 0 saturated carbocycles. The number of carbonyl (C=O) groups is 1. The Bertz CT molecular complexity index is 886. The van der Waals surface area contributed by atoms with Gasteiger partial charge < -0.3 is 4.74 Å². The van der Waals surface area contributed by atoms with Crippen molar-refractivity contribution in [1.29, 1.82) is 0 Å². The van der Waals surface area contributed by atoms with E-state index in [1.165, 1.54) is 29.2 Å². The van der Waals surface area contributed by atoms with E-state index >= 15 is 0 Å². The fraction of sp³-hybridized carbons (Fsp3) is 0.0667. The number of ether oxygens (including phenoxy) is 1. The van der Waals surface area contributed by atoms with Gasteiger partial charge in [0.1, 0.15) is 5.75 Å². The number of hydrogen-bond acceptors (Lipinski definition) is 5. The largest absolute Gasteiger partial charge is 0.497 e. The predicted octanol–water partition coefficient (Wildman–Crippen LogP) is 2.34. The van der Waals surface area contributed by atoms with Gasteiger partial charge >= 0.3 is 0 Å². The molecule has 0 fully saturated rings. The first-order chi connectivity index (χ1) is 11.1. The van der Waals surface area contributed by atoms with Crippen LogP contribution in [0.4, 0.5) is 5.69 Å². The first-order valence-electron chi connectivity index (χ1n) is 6.66. The van der Waals surface area contributed by atoms with Crippen molar-refractivity contribution in [2.75, 3.05) is 12.5 Å². The molecule has 0 aliphatic rings. The summed E-state index contributed by atoms with van der Waals surface area (Å²) in [7, 11) is 1.55. The second-order valence-corrected chi connectivity index (χ2v) is 4.74. The standard InChI is InChI=1S/C15H12N4O4/c1-23-13-5-2-10(3-6-13)15(20)17-18-9-11-8-12(19(21)22)4-7-14(11)16-18/h2-9H,1H3,(H,17,20). The highest BCUT2D eigenvalue weighted by atomic mass is 16.6. The lowest BCUT2D eigenvalue weighted by Crippen LogP contribution is -2.23. The third kappa shape index (κ3) is 2.95. The minimum Gasteiger partial charge on any atom is -0.497 e. The van der Waals surface area contributed by atoms with Crippen LogP contribution in [-0.2, 0) is 0 Å². The number of nitrogens with one attached hydrogen (secondary N) is 1. The van der Waals surface area contributed by atoms with Gasteiger partial charge in [-0.15, -0.1) is 0 Å². The number of nitro groups is 1. The normalized spacial score (nSPS) is 10.5. The van der Waals surface area contributed by atoms with Crippen LogP contribution in [0.3, 0.4) is 0 Å². The summed E-state index contributed by atoms with van der Waals surface area (Å²) in [5.74, 6) is 0.300. The zero-order chi connectivity index (χ0) is 16.4. The molecule has 1 aromatic heterocycles. The Morgan fingerprint density at radius 2 is 2.00 bits per heavy atom. The number of nitrogens with zero attached hydrogens (tertiary/aromatic N) is 3. The molecular weight excluding hydrogens is 300 g/mol. The van der Waals surface area contributed by atoms with Crippen LogP contribution in [0, 0.1) is 10.1 Å². The van der Waals surface area contributed by atoms with Gasteiger partial charge in [-0.25, -0.2) is 5.43 Å². The maximum Gasteiger partial charge on any atom is 0.271 e. The Balaban J connectivity index is 1.82. The first kappa shape index (κ1) is 14.5. The monoisotopic (exact) mass is 312 g/mol. The van der Waals surface area contributed by atoms with E-state index in [1.807, 2.05) is 0 Å². The van der Waals surface area contributed by atoms with Crippen LogP contribution in [-0.4, -0.2) is 27.8 Å². The smallest absolute Gasteiger partial charge is 0.271 e. The van der Waals surface area contributed by atoms with Gasteiger partial charge in [0, 0.05) is 23.1 Å². The van der Waals surface area contributed by atoms with Gasteiger partial charge in [0.25, 0.3) is 11.6 Å². The average Bonchev–Trinajstić information content (AvgIpc) is 2.96. The maximum atomic E-state index is 12.1. The summed E-state index contributed by atoms with van der Waals surface area (Å²) in [6.45, 7) is 0. The molecule has 23 heavy (non-hydrogen) atoms. The van der Waals surface area contributed by atoms with Gasteiger partial charge in [0.2, 0.25) is 0 Å². The van der Waals surface area contributed by atoms with Crippen LogP contribution in [0.1, 0.15) is 10.4 Å². The molecule has 0 aliphatic heterocycles. The van der Waals surface area contributed by atoms with Crippen LogP contribution < -0.4 is 10.2 Å². The Hall–Kier alpha value is -3.42. The number of hydrogen-bond donors (Lipinski definition) is 1. The van der Waals surface area contributed by atoms with E-state index in [1.54, 1.807) is 31.4 Å². The molecule has 2 aromatic carbocycles. The molecule has 0 saturated heterocycles. The number of carbonyl (C=O) groups excluding carboxylic acids is 1. The van der Waals surface area contributed by atoms with Crippen molar-refractivity contribution in [3.63, 3.8) is 0 Å². The minimum absolute atomic E-state index is 0.0291. The summed E-state index contributed by atoms with van der Waals surface area (Å²) in [5, 5.41) is 15.5. The van der Waals surface area contributed by atoms with Crippen molar-refractivity contribution in [2.24, 2.45) is 0 Å². The molecule has 0 spiro atoms. The van der Waals surface area contributed by atoms with Crippen molar-refractivity contribution in [2.45, 2.75) is 0 Å². The van der Waals surface area contributed by atoms with Crippen molar-refractivity contribution >= 4 is 22.5 Å². The molecule has 0 radical (unpaired) electrons. The molecular formula is C15H12N4O4. The number of aromatic nitrogens is 2. The van der Waals surface area contributed by atoms with Crippen LogP contribution >= 0.6 is 0 Å². The highest BCUT2D eigenvalue weighted by molar-refractivity contribution is 6.00. The van der Waals surface area contributed by atoms with Crippen LogP contribution in [0.15, 0.2) is 48.7 Å². The lowest BCUT2D eigenvalue weighted by Gasteiger charge is -2.05. The number of benzene rings is 2. The number of amides is 1. The second kappa shape index (κ2) is 5.76. The Kier molecular flexibility index (Phi) is 3.63. The van der Waals surface area contributed by atoms with Gasteiger partial charge in [0.05, 0.1) is 23.7 Å². The number of rotatable bonds is 4. The average molecular weight is 312 g/mol. The van der Waals surface area contributed by atoms with E-state index in [0.717, 1.165) is 0 Å². The Morgan fingerprint density at radius 1 is 1.26 bits per heavy atom. The minimum atomic E-state index is -0.479. The topological polar surface area (TPSA) is 99.3 Å². The number of non-ortho nitro benzene ring substituents is 1. The molecule has 1 heterocycles. The predicted molar refractivity (Wildman–Crippen MR) is 83.1 cm³/mol. The van der Waals surface area contributed by atoms with Crippen LogP contribution in [0.5, 0.6) is 5.75 Å². The third-order valence-corrected chi connectivity index (χ3v) is 3.27. The Morgan fingerprint density at radius 3 is 2.65 bits per heavy atom. The molecule has 0 aliphatic carbocycles. The molecule has 0 atom stereocenters. The lowest BCUT2D eigenvalue weighted by molar-refractivity contribution is -0.384. The zero-order valence-electron chi connectivity index (χ0n) is 12.1. The maximum absolute atomic E-state index is 12.1. The molecule has 0 unspecified atom stereocenters. The summed E-state index contributed by atoms with van der Waals surface area (Å²) in [6.07, 6.45) is 1.52. The third-order valence-electron chi connectivity index (χ3n) is 3.27. The SMILES string of the molecule is COc1ccc(C(=O)Nn2cc3cc([N+](=O)[O-])ccc3n2)cc1. The summed E-state index contributed by atoms with van der Waals surface area (Å²) in [5.41, 5.74) is 3.55. The number of methoxy groups -OCH3 is 1. The second-order valence-electron chi connectivity index (χ2n) is 4.74. The van der Waals surface area contributed by atoms with Crippen LogP contribution in [0.2, 0.25) is 0 Å². The molecule has 1 N–H and O–H groups in total. The van der Waals surface area contributed by atoms with Gasteiger partial charge in [-0.1, -0.05) is 0 Å². The van der Waals surface area contributed by atoms with E-state index in [9.17, 15) is 14.9 Å². The summed E-state index contributed by atoms with van der Waals surface area (Å²) < 4.78 is 5.03. The molecule has 3 rings (SSSR count). The van der Waals surface area contributed by atoms with E-state index in [2.05, 4.69) is 10.5 Å². The molecule has 8 heteroatoms. The highest BCUT2D eigenvalue weighted by Gasteiger charge is 2.11. The Labute approximate surface area is 130 Å². The highest BCUT2D eigenvalue weighted by Crippen LogP contribution is 2.19. The number of fused-ring (bicyclic) bond motifs is 1. The fourth-order valence-corrected chi connectivity index (χ4v) is 2.09. The van der Waals surface area contributed by atoms with Gasteiger partial charge in [-0.3, -0.25) is 14.9 Å². The van der Waals surface area contributed by atoms with Gasteiger partial charge in [-0.2, -0.15) is 9.89 Å². The number of nitro benzene ring substituents is 1. The molecule has 0 bridgehead atoms. The molecule has 3 aromatic rings. The van der Waals surface area contributed by atoms with Crippen LogP contribution in [0.25, 0.3) is 10.9 Å². The van der Waals surface area contributed by atoms with E-state index < -0.39 is 4.92 Å². The van der Waals surface area contributed by atoms with E-state index in [-0.39, 0.29) is 11.6 Å².